The normalized spacial score (nSPS) is 10.8. The number of diazo groups is 1. The van der Waals surface area contributed by atoms with E-state index < -0.39 is 7.25 Å². The molecule has 0 saturated carbocycles. The summed E-state index contributed by atoms with van der Waals surface area (Å²) in [6, 6.07) is 3.48. The van der Waals surface area contributed by atoms with Gasteiger partial charge in [0.25, 0.3) is 0 Å². The molecular formula is C7H5BBr2F4N4. The van der Waals surface area contributed by atoms with E-state index >= 15 is 0 Å². The molecule has 0 atom stereocenters. The summed E-state index contributed by atoms with van der Waals surface area (Å²) in [7, 11) is -4.45. The maximum absolute atomic E-state index is 9.75. The first-order valence-corrected chi connectivity index (χ1v) is 5.79. The van der Waals surface area contributed by atoms with Crippen LogP contribution in [0.2, 0.25) is 0 Å². The van der Waals surface area contributed by atoms with E-state index in [1.165, 1.54) is 0 Å². The summed E-state index contributed by atoms with van der Waals surface area (Å²) in [5, 5.41) is 16.1. The van der Waals surface area contributed by atoms with E-state index in [1.54, 1.807) is 19.2 Å². The molecule has 0 unspecified atom stereocenters. The van der Waals surface area contributed by atoms with Gasteiger partial charge in [0.15, 0.2) is 10.7 Å². The number of hydrogen-bond donors (Lipinski definition) is 0. The molecule has 0 saturated heterocycles. The van der Waals surface area contributed by atoms with Gasteiger partial charge in [0.1, 0.15) is 4.47 Å². The average molecular weight is 392 g/mol. The van der Waals surface area contributed by atoms with Crippen molar-refractivity contribution in [2.24, 2.45) is 10.2 Å². The first kappa shape index (κ1) is 17.0. The van der Waals surface area contributed by atoms with Crippen LogP contribution in [0, 0.1) is 5.39 Å². The van der Waals surface area contributed by atoms with Crippen LogP contribution in [0.1, 0.15) is 0 Å². The van der Waals surface area contributed by atoms with E-state index in [1.807, 2.05) is 0 Å². The maximum Gasteiger partial charge on any atom is 0.673 e. The molecule has 4 nitrogen and oxygen atoms in total. The van der Waals surface area contributed by atoms with Crippen molar-refractivity contribution in [3.63, 3.8) is 0 Å². The van der Waals surface area contributed by atoms with Gasteiger partial charge in [0.2, 0.25) is 5.39 Å². The number of azo groups is 1. The second kappa shape index (κ2) is 7.43. The van der Waals surface area contributed by atoms with Gasteiger partial charge in [-0.25, -0.2) is 0 Å². The quantitative estimate of drug-likeness (QED) is 0.262. The Kier molecular flexibility index (Phi) is 7.01. The maximum atomic E-state index is 9.75. The van der Waals surface area contributed by atoms with Crippen LogP contribution in [-0.4, -0.2) is 14.3 Å². The Morgan fingerprint density at radius 3 is 2.11 bits per heavy atom. The zero-order valence-corrected chi connectivity index (χ0v) is 12.0. The first-order chi connectivity index (χ1) is 8.19. The van der Waals surface area contributed by atoms with Gasteiger partial charge in [-0.1, -0.05) is 15.9 Å². The monoisotopic (exact) mass is 390 g/mol. The van der Waals surface area contributed by atoms with E-state index in [0.717, 1.165) is 4.47 Å². The van der Waals surface area contributed by atoms with E-state index in [4.69, 9.17) is 5.39 Å². The van der Waals surface area contributed by atoms with Gasteiger partial charge >= 0.3 is 12.9 Å². The van der Waals surface area contributed by atoms with Crippen LogP contribution in [0.5, 0.6) is 0 Å². The molecule has 0 N–H and O–H groups in total. The molecule has 0 fully saturated rings. The second-order valence-corrected chi connectivity index (χ2v) is 4.42. The molecular weight excluding hydrogens is 387 g/mol. The molecule has 0 aliphatic heterocycles. The molecule has 1 aromatic rings. The Bertz CT molecular complexity index is 480. The van der Waals surface area contributed by atoms with Crippen LogP contribution >= 0.6 is 31.9 Å². The molecule has 0 spiro atoms. The highest BCUT2D eigenvalue weighted by Gasteiger charge is 2.20. The van der Waals surface area contributed by atoms with Crippen molar-refractivity contribution < 1.29 is 17.3 Å². The van der Waals surface area contributed by atoms with Gasteiger partial charge in [-0.2, -0.15) is 5.11 Å². The van der Waals surface area contributed by atoms with E-state index in [9.17, 15) is 17.3 Å². The summed E-state index contributed by atoms with van der Waals surface area (Å²) < 4.78 is 40.5. The van der Waals surface area contributed by atoms with Crippen molar-refractivity contribution in [2.75, 3.05) is 7.05 Å². The predicted octanol–water partition coefficient (Wildman–Crippen LogP) is 5.71. The van der Waals surface area contributed by atoms with Crippen LogP contribution in [-0.2, 0) is 0 Å². The Morgan fingerprint density at radius 2 is 1.72 bits per heavy atom. The summed E-state index contributed by atoms with van der Waals surface area (Å²) in [6.07, 6.45) is 0. The van der Waals surface area contributed by atoms with Crippen molar-refractivity contribution in [3.05, 3.63) is 26.1 Å². The van der Waals surface area contributed by atoms with Gasteiger partial charge in [0, 0.05) is 11.5 Å². The fourth-order valence-electron chi connectivity index (χ4n) is 0.835. The largest absolute Gasteiger partial charge is 0.673 e. The molecule has 11 heteroatoms. The summed E-state index contributed by atoms with van der Waals surface area (Å²) in [4.78, 5) is 3.11. The van der Waals surface area contributed by atoms with Crippen molar-refractivity contribution in [1.82, 2.24) is 0 Å². The van der Waals surface area contributed by atoms with E-state index in [2.05, 4.69) is 47.1 Å². The van der Waals surface area contributed by atoms with Gasteiger partial charge in [-0.05, 0) is 28.1 Å². The Balaban J connectivity index is 0.000000494. The third-order valence-corrected chi connectivity index (χ3v) is 2.38. The van der Waals surface area contributed by atoms with Crippen molar-refractivity contribution in [3.8, 4) is 0 Å². The number of nitrogens with zero attached hydrogens (tertiary/aromatic N) is 4. The lowest BCUT2D eigenvalue weighted by Gasteiger charge is -1.94. The third-order valence-electron chi connectivity index (χ3n) is 1.32. The zero-order chi connectivity index (χ0) is 14.3. The second-order valence-electron chi connectivity index (χ2n) is 2.65. The third kappa shape index (κ3) is 7.34. The lowest BCUT2D eigenvalue weighted by molar-refractivity contribution is 0.368. The molecule has 18 heavy (non-hydrogen) atoms. The van der Waals surface area contributed by atoms with E-state index in [0.29, 0.717) is 15.8 Å². The topological polar surface area (TPSA) is 52.9 Å². The minimum atomic E-state index is -6.00. The van der Waals surface area contributed by atoms with Gasteiger partial charge in [-0.3, -0.25) is 0 Å². The summed E-state index contributed by atoms with van der Waals surface area (Å²) in [6.45, 7) is 0. The SMILES string of the molecule is CN=Nc1cc(Br)cc(Br)c1[N+]#N.F[B-](F)(F)F. The minimum Gasteiger partial charge on any atom is -0.418 e. The molecule has 98 valence electrons. The number of rotatable bonds is 1. The molecule has 0 amide bonds. The molecule has 0 heterocycles. The number of benzene rings is 1. The van der Waals surface area contributed by atoms with Crippen molar-refractivity contribution in [2.45, 2.75) is 0 Å². The molecule has 0 radical (unpaired) electrons. The van der Waals surface area contributed by atoms with Gasteiger partial charge < -0.3 is 17.3 Å². The standard InChI is InChI=1S/C7H5Br2N4.BF4/c1-11-13-6-3-4(8)2-5(9)7(6)12-10;2-1(3,4)5/h2-3H,1H3;/q+1;-1. The number of halogens is 6. The summed E-state index contributed by atoms with van der Waals surface area (Å²) >= 11 is 6.53. The lowest BCUT2D eigenvalue weighted by atomic mass is 10.3. The smallest absolute Gasteiger partial charge is 0.418 e. The average Bonchev–Trinajstić information content (AvgIpc) is 2.14. The fourth-order valence-corrected chi connectivity index (χ4v) is 2.12. The molecule has 0 bridgehead atoms. The van der Waals surface area contributed by atoms with Crippen LogP contribution in [0.25, 0.3) is 4.98 Å². The van der Waals surface area contributed by atoms with Crippen LogP contribution in [0.4, 0.5) is 28.6 Å². The van der Waals surface area contributed by atoms with E-state index in [-0.39, 0.29) is 0 Å². The van der Waals surface area contributed by atoms with Crippen LogP contribution < -0.4 is 0 Å². The first-order valence-electron chi connectivity index (χ1n) is 4.20. The highest BCUT2D eigenvalue weighted by atomic mass is 79.9. The van der Waals surface area contributed by atoms with Crippen molar-refractivity contribution in [1.29, 1.82) is 5.39 Å². The van der Waals surface area contributed by atoms with Gasteiger partial charge in [-0.15, -0.1) is 5.11 Å². The Morgan fingerprint density at radius 1 is 1.22 bits per heavy atom. The van der Waals surface area contributed by atoms with Crippen LogP contribution in [0.3, 0.4) is 0 Å². The molecule has 0 aliphatic carbocycles. The summed E-state index contributed by atoms with van der Waals surface area (Å²) in [5.41, 5.74) is 0.875. The summed E-state index contributed by atoms with van der Waals surface area (Å²) in [5.74, 6) is 0. The Labute approximate surface area is 116 Å². The molecule has 1 rings (SSSR count). The number of hydrogen-bond acceptors (Lipinski definition) is 3. The predicted molar refractivity (Wildman–Crippen MR) is 67.2 cm³/mol. The molecule has 0 aliphatic rings. The highest BCUT2D eigenvalue weighted by molar-refractivity contribution is 9.11. The Hall–Kier alpha value is -1.02. The zero-order valence-electron chi connectivity index (χ0n) is 8.79. The molecule has 1 aromatic carbocycles. The minimum absolute atomic E-state index is 0.369. The lowest BCUT2D eigenvalue weighted by Crippen LogP contribution is -2.02. The van der Waals surface area contributed by atoms with Crippen molar-refractivity contribution >= 4 is 50.5 Å². The fraction of sp³-hybridized carbons (Fsp3) is 0.143. The van der Waals surface area contributed by atoms with Gasteiger partial charge in [0.05, 0.1) is 0 Å². The molecule has 0 aromatic heterocycles. The highest BCUT2D eigenvalue weighted by Crippen LogP contribution is 2.38. The van der Waals surface area contributed by atoms with Crippen LogP contribution in [0.15, 0.2) is 31.3 Å².